The topological polar surface area (TPSA) is 118 Å². The van der Waals surface area contributed by atoms with Crippen LogP contribution in [-0.2, 0) is 11.0 Å². The van der Waals surface area contributed by atoms with E-state index in [1.807, 2.05) is 23.5 Å². The highest BCUT2D eigenvalue weighted by atomic mass is 19.4. The molecule has 1 aliphatic carbocycles. The Labute approximate surface area is 228 Å². The van der Waals surface area contributed by atoms with Crippen LogP contribution in [0.25, 0.3) is 11.1 Å². The van der Waals surface area contributed by atoms with Gasteiger partial charge in [-0.15, -0.1) is 0 Å². The molecule has 4 rings (SSSR count). The molecule has 40 heavy (non-hydrogen) atoms. The van der Waals surface area contributed by atoms with Gasteiger partial charge in [-0.1, -0.05) is 31.0 Å². The van der Waals surface area contributed by atoms with E-state index in [9.17, 15) is 27.6 Å². The summed E-state index contributed by atoms with van der Waals surface area (Å²) in [5.41, 5.74) is 0.915. The molecule has 1 aromatic heterocycles. The van der Waals surface area contributed by atoms with Crippen LogP contribution in [0, 0.1) is 0 Å². The van der Waals surface area contributed by atoms with E-state index >= 15 is 0 Å². The van der Waals surface area contributed by atoms with E-state index < -0.39 is 47.4 Å². The number of ketones is 1. The van der Waals surface area contributed by atoms with Gasteiger partial charge in [-0.3, -0.25) is 19.9 Å². The lowest BCUT2D eigenvalue weighted by Crippen LogP contribution is -2.20. The Morgan fingerprint density at radius 2 is 1.70 bits per heavy atom. The maximum absolute atomic E-state index is 13.6. The zero-order valence-electron chi connectivity index (χ0n) is 21.7. The first kappa shape index (κ1) is 28.6. The number of carbonyl (C=O) groups excluding carboxylic acids is 2. The smallest absolute Gasteiger partial charge is 0.420 e. The Balaban J connectivity index is 1.53. The van der Waals surface area contributed by atoms with Crippen LogP contribution in [0.4, 0.5) is 29.3 Å². The number of nitrogens with zero attached hydrogens (tertiary/aromatic N) is 1. The van der Waals surface area contributed by atoms with Crippen LogP contribution >= 0.6 is 0 Å². The number of benzene rings is 2. The van der Waals surface area contributed by atoms with E-state index in [-0.39, 0.29) is 17.9 Å². The third-order valence-corrected chi connectivity index (χ3v) is 6.63. The number of amides is 2. The molecule has 3 aromatic rings. The summed E-state index contributed by atoms with van der Waals surface area (Å²) in [5.74, 6) is -1.65. The Kier molecular flexibility index (Phi) is 8.71. The van der Waals surface area contributed by atoms with Crippen molar-refractivity contribution < 1.29 is 37.4 Å². The fourth-order valence-electron chi connectivity index (χ4n) is 4.79. The molecule has 3 N–H and O–H groups in total. The van der Waals surface area contributed by atoms with Gasteiger partial charge in [0.15, 0.2) is 5.78 Å². The normalized spacial score (nSPS) is 13.6. The third kappa shape index (κ3) is 6.96. The van der Waals surface area contributed by atoms with Crippen molar-refractivity contribution in [2.75, 3.05) is 17.2 Å². The molecular weight excluding hydrogens is 527 g/mol. The molecule has 0 radical (unpaired) electrons. The van der Waals surface area contributed by atoms with Crippen LogP contribution in [0.15, 0.2) is 54.7 Å². The van der Waals surface area contributed by atoms with Crippen molar-refractivity contribution in [2.24, 2.45) is 0 Å². The average molecular weight is 556 g/mol. The SMILES string of the molecule is CCOc1cc(NC(=O)O)c(NC(=O)CC(=O)c2cccc(-c3ccnc(C4CCCC4)c3)c2)cc1C(F)(F)F. The number of Topliss-reactive ketones (excluding diaryl/α,β-unsaturated/α-hetero) is 1. The lowest BCUT2D eigenvalue weighted by Gasteiger charge is -2.18. The summed E-state index contributed by atoms with van der Waals surface area (Å²) >= 11 is 0. The molecule has 11 heteroatoms. The molecule has 1 fully saturated rings. The summed E-state index contributed by atoms with van der Waals surface area (Å²) in [6.07, 6.45) is -0.813. The lowest BCUT2D eigenvalue weighted by atomic mass is 9.97. The average Bonchev–Trinajstić information content (AvgIpc) is 3.45. The molecule has 1 saturated carbocycles. The van der Waals surface area contributed by atoms with Crippen molar-refractivity contribution >= 4 is 29.2 Å². The summed E-state index contributed by atoms with van der Waals surface area (Å²) < 4.78 is 45.9. The number of anilines is 2. The van der Waals surface area contributed by atoms with Gasteiger partial charge in [-0.05, 0) is 55.2 Å². The van der Waals surface area contributed by atoms with Gasteiger partial charge in [-0.25, -0.2) is 4.79 Å². The number of rotatable bonds is 9. The predicted molar refractivity (Wildman–Crippen MR) is 143 cm³/mol. The first-order valence-electron chi connectivity index (χ1n) is 12.8. The van der Waals surface area contributed by atoms with Crippen LogP contribution in [0.1, 0.15) is 66.6 Å². The van der Waals surface area contributed by atoms with E-state index in [0.717, 1.165) is 35.7 Å². The van der Waals surface area contributed by atoms with E-state index in [4.69, 9.17) is 9.84 Å². The van der Waals surface area contributed by atoms with E-state index in [1.54, 1.807) is 24.4 Å². The highest BCUT2D eigenvalue weighted by Crippen LogP contribution is 2.41. The monoisotopic (exact) mass is 555 g/mol. The zero-order chi connectivity index (χ0) is 28.9. The molecule has 8 nitrogen and oxygen atoms in total. The maximum Gasteiger partial charge on any atom is 0.420 e. The Hall–Kier alpha value is -4.41. The van der Waals surface area contributed by atoms with E-state index in [1.165, 1.54) is 19.8 Å². The number of ether oxygens (including phenoxy) is 1. The minimum absolute atomic E-state index is 0.101. The number of hydrogen-bond donors (Lipinski definition) is 3. The summed E-state index contributed by atoms with van der Waals surface area (Å²) in [7, 11) is 0. The molecular formula is C29H28F3N3O5. The van der Waals surface area contributed by atoms with Gasteiger partial charge >= 0.3 is 12.3 Å². The van der Waals surface area contributed by atoms with E-state index in [0.29, 0.717) is 12.0 Å². The van der Waals surface area contributed by atoms with Gasteiger partial charge in [0.2, 0.25) is 5.91 Å². The van der Waals surface area contributed by atoms with Crippen LogP contribution in [0.5, 0.6) is 5.75 Å². The number of carbonyl (C=O) groups is 3. The summed E-state index contributed by atoms with van der Waals surface area (Å²) in [4.78, 5) is 41.4. The van der Waals surface area contributed by atoms with Crippen molar-refractivity contribution in [3.8, 4) is 16.9 Å². The van der Waals surface area contributed by atoms with Gasteiger partial charge in [0.25, 0.3) is 0 Å². The molecule has 0 spiro atoms. The number of nitrogens with one attached hydrogen (secondary N) is 2. The minimum atomic E-state index is -4.84. The Bertz CT molecular complexity index is 1420. The standard InChI is InChI=1S/C29H28F3N3O5/c1-2-40-26-15-24(35-28(38)39)23(14-21(26)29(30,31)32)34-27(37)16-25(36)20-9-5-8-18(12-20)19-10-11-33-22(13-19)17-6-3-4-7-17/h5,8-15,17,35H,2-4,6-7,16H2,1H3,(H,34,37)(H,38,39). The number of aromatic nitrogens is 1. The number of carboxylic acid groups (broad SMARTS) is 1. The molecule has 1 aliphatic rings. The Morgan fingerprint density at radius 3 is 2.38 bits per heavy atom. The second-order valence-electron chi connectivity index (χ2n) is 9.43. The molecule has 0 aliphatic heterocycles. The van der Waals surface area contributed by atoms with Gasteiger partial charge in [0.05, 0.1) is 30.0 Å². The zero-order valence-corrected chi connectivity index (χ0v) is 21.7. The lowest BCUT2D eigenvalue weighted by molar-refractivity contribution is -0.138. The number of pyridine rings is 1. The highest BCUT2D eigenvalue weighted by Gasteiger charge is 2.36. The summed E-state index contributed by atoms with van der Waals surface area (Å²) in [6.45, 7) is 1.38. The summed E-state index contributed by atoms with van der Waals surface area (Å²) in [6, 6.07) is 12.0. The van der Waals surface area contributed by atoms with E-state index in [2.05, 4.69) is 10.3 Å². The van der Waals surface area contributed by atoms with Crippen molar-refractivity contribution in [2.45, 2.75) is 51.1 Å². The quantitative estimate of drug-likeness (QED) is 0.191. The van der Waals surface area contributed by atoms with Gasteiger partial charge in [0, 0.05) is 29.4 Å². The fourth-order valence-corrected chi connectivity index (χ4v) is 4.79. The van der Waals surface area contributed by atoms with Crippen molar-refractivity contribution in [3.05, 3.63) is 71.5 Å². The molecule has 2 aromatic carbocycles. The van der Waals surface area contributed by atoms with Crippen LogP contribution in [0.3, 0.4) is 0 Å². The summed E-state index contributed by atoms with van der Waals surface area (Å²) in [5, 5.41) is 13.3. The Morgan fingerprint density at radius 1 is 1.00 bits per heavy atom. The van der Waals surface area contributed by atoms with Crippen LogP contribution < -0.4 is 15.4 Å². The maximum atomic E-state index is 13.6. The van der Waals surface area contributed by atoms with Crippen molar-refractivity contribution in [1.82, 2.24) is 4.98 Å². The minimum Gasteiger partial charge on any atom is -0.493 e. The largest absolute Gasteiger partial charge is 0.493 e. The first-order chi connectivity index (χ1) is 19.0. The first-order valence-corrected chi connectivity index (χ1v) is 12.8. The second-order valence-corrected chi connectivity index (χ2v) is 9.43. The highest BCUT2D eigenvalue weighted by molar-refractivity contribution is 6.12. The molecule has 0 atom stereocenters. The van der Waals surface area contributed by atoms with Gasteiger partial charge in [-0.2, -0.15) is 13.2 Å². The molecule has 1 heterocycles. The van der Waals surface area contributed by atoms with Crippen molar-refractivity contribution in [1.29, 1.82) is 0 Å². The predicted octanol–water partition coefficient (Wildman–Crippen LogP) is 7.13. The molecule has 0 unspecified atom stereocenters. The van der Waals surface area contributed by atoms with Gasteiger partial charge < -0.3 is 15.2 Å². The van der Waals surface area contributed by atoms with Crippen molar-refractivity contribution in [3.63, 3.8) is 0 Å². The van der Waals surface area contributed by atoms with Crippen LogP contribution in [0.2, 0.25) is 0 Å². The second kappa shape index (κ2) is 12.2. The van der Waals surface area contributed by atoms with Crippen LogP contribution in [-0.4, -0.2) is 34.5 Å². The number of alkyl halides is 3. The molecule has 0 saturated heterocycles. The fraction of sp³-hybridized carbons (Fsp3) is 0.310. The number of hydrogen-bond acceptors (Lipinski definition) is 5. The van der Waals surface area contributed by atoms with Gasteiger partial charge in [0.1, 0.15) is 5.75 Å². The molecule has 210 valence electrons. The molecule has 2 amide bonds. The molecule has 0 bridgehead atoms. The number of halogens is 3. The third-order valence-electron chi connectivity index (χ3n) is 6.63.